The fraction of sp³-hybridized carbons (Fsp3) is 0.647. The first-order valence-electron chi connectivity index (χ1n) is 8.03. The molecule has 1 atom stereocenters. The number of hydrogen-bond donors (Lipinski definition) is 1. The van der Waals surface area contributed by atoms with Gasteiger partial charge in [-0.1, -0.05) is 30.5 Å². The lowest BCUT2D eigenvalue weighted by Gasteiger charge is -2.42. The summed E-state index contributed by atoms with van der Waals surface area (Å²) in [5, 5.41) is 0.179. The van der Waals surface area contributed by atoms with Crippen molar-refractivity contribution in [2.24, 2.45) is 11.1 Å². The van der Waals surface area contributed by atoms with Gasteiger partial charge in [0.2, 0.25) is 0 Å². The molecule has 1 aliphatic heterocycles. The van der Waals surface area contributed by atoms with Crippen LogP contribution in [0.3, 0.4) is 0 Å². The lowest BCUT2D eigenvalue weighted by molar-refractivity contribution is 0.0779. The maximum absolute atomic E-state index is 13.7. The molecule has 2 N–H and O–H groups in total. The summed E-state index contributed by atoms with van der Waals surface area (Å²) in [5.41, 5.74) is 7.52. The molecule has 1 aromatic carbocycles. The Morgan fingerprint density at radius 2 is 1.86 bits per heavy atom. The number of rotatable bonds is 3. The molecule has 2 fully saturated rings. The predicted octanol–water partition coefficient (Wildman–Crippen LogP) is 4.14. The number of nitrogens with zero attached hydrogens (tertiary/aromatic N) is 1. The zero-order valence-corrected chi connectivity index (χ0v) is 13.2. The van der Waals surface area contributed by atoms with Crippen LogP contribution in [0.25, 0.3) is 0 Å². The minimum Gasteiger partial charge on any atom is -0.329 e. The molecule has 2 nitrogen and oxygen atoms in total. The summed E-state index contributed by atoms with van der Waals surface area (Å²) in [6.07, 6.45) is 8.10. The quantitative estimate of drug-likeness (QED) is 0.909. The summed E-state index contributed by atoms with van der Waals surface area (Å²) < 4.78 is 13.7. The zero-order chi connectivity index (χ0) is 14.9. The van der Waals surface area contributed by atoms with E-state index in [9.17, 15) is 4.39 Å². The second-order valence-electron chi connectivity index (χ2n) is 6.67. The molecule has 1 aliphatic carbocycles. The Morgan fingerprint density at radius 3 is 2.43 bits per heavy atom. The van der Waals surface area contributed by atoms with E-state index in [0.717, 1.165) is 18.7 Å². The Morgan fingerprint density at radius 1 is 1.19 bits per heavy atom. The van der Waals surface area contributed by atoms with Crippen molar-refractivity contribution in [2.45, 2.75) is 44.6 Å². The van der Waals surface area contributed by atoms with E-state index in [2.05, 4.69) is 4.90 Å². The van der Waals surface area contributed by atoms with Crippen LogP contribution in [0.15, 0.2) is 18.2 Å². The van der Waals surface area contributed by atoms with Gasteiger partial charge in [0, 0.05) is 12.6 Å². The molecule has 1 heterocycles. The third-order valence-corrected chi connectivity index (χ3v) is 5.82. The maximum atomic E-state index is 13.7. The second-order valence-corrected chi connectivity index (χ2v) is 7.08. The monoisotopic (exact) mass is 310 g/mol. The Kier molecular flexibility index (Phi) is 4.53. The highest BCUT2D eigenvalue weighted by molar-refractivity contribution is 6.30. The summed E-state index contributed by atoms with van der Waals surface area (Å²) >= 11 is 5.78. The van der Waals surface area contributed by atoms with Crippen molar-refractivity contribution >= 4 is 11.6 Å². The van der Waals surface area contributed by atoms with E-state index in [0.29, 0.717) is 12.0 Å². The molecule has 4 heteroatoms. The number of hydrogen-bond acceptors (Lipinski definition) is 2. The third kappa shape index (κ3) is 3.10. The van der Waals surface area contributed by atoms with E-state index < -0.39 is 0 Å². The minimum absolute atomic E-state index is 0.107. The van der Waals surface area contributed by atoms with Crippen LogP contribution < -0.4 is 5.73 Å². The Hall–Kier alpha value is -0.640. The van der Waals surface area contributed by atoms with Crippen LogP contribution in [0, 0.1) is 11.2 Å². The van der Waals surface area contributed by atoms with Gasteiger partial charge in [0.15, 0.2) is 0 Å². The fourth-order valence-electron chi connectivity index (χ4n) is 4.15. The minimum atomic E-state index is -0.350. The first-order chi connectivity index (χ1) is 10.1. The first kappa shape index (κ1) is 15.3. The molecule has 0 bridgehead atoms. The molecule has 21 heavy (non-hydrogen) atoms. The normalized spacial score (nSPS) is 23.6. The van der Waals surface area contributed by atoms with E-state index in [1.807, 2.05) is 6.07 Å². The van der Waals surface area contributed by atoms with Crippen molar-refractivity contribution in [1.82, 2.24) is 4.90 Å². The molecule has 1 saturated carbocycles. The van der Waals surface area contributed by atoms with E-state index in [1.165, 1.54) is 38.5 Å². The van der Waals surface area contributed by atoms with Crippen molar-refractivity contribution < 1.29 is 4.39 Å². The number of halogens is 2. The smallest absolute Gasteiger partial charge is 0.142 e. The van der Waals surface area contributed by atoms with Gasteiger partial charge in [0.1, 0.15) is 5.82 Å². The molecule has 0 amide bonds. The third-order valence-electron chi connectivity index (χ3n) is 5.52. The van der Waals surface area contributed by atoms with E-state index in [4.69, 9.17) is 17.3 Å². The van der Waals surface area contributed by atoms with Gasteiger partial charge in [0.05, 0.1) is 5.02 Å². The standard InChI is InChI=1S/C17H24ClFN2/c18-14-4-3-13(11-15(14)19)16(12-20)21-9-7-17(8-10-21)5-1-2-6-17/h3-4,11,16H,1-2,5-10,12,20H2. The van der Waals surface area contributed by atoms with E-state index >= 15 is 0 Å². The molecule has 0 aromatic heterocycles. The average Bonchev–Trinajstić information content (AvgIpc) is 2.94. The molecule has 116 valence electrons. The second kappa shape index (κ2) is 6.23. The first-order valence-corrected chi connectivity index (χ1v) is 8.40. The SMILES string of the molecule is NCC(c1ccc(Cl)c(F)c1)N1CCC2(CCCC2)CC1. The summed E-state index contributed by atoms with van der Waals surface area (Å²) in [6.45, 7) is 2.67. The highest BCUT2D eigenvalue weighted by Crippen LogP contribution is 2.47. The Bertz CT molecular complexity index is 490. The molecule has 1 aromatic rings. The van der Waals surface area contributed by atoms with Crippen LogP contribution in [0.2, 0.25) is 5.02 Å². The molecular weight excluding hydrogens is 287 g/mol. The predicted molar refractivity (Wildman–Crippen MR) is 84.9 cm³/mol. The largest absolute Gasteiger partial charge is 0.329 e. The summed E-state index contributed by atoms with van der Waals surface area (Å²) in [7, 11) is 0. The van der Waals surface area contributed by atoms with Gasteiger partial charge >= 0.3 is 0 Å². The van der Waals surface area contributed by atoms with Crippen LogP contribution in [0.1, 0.15) is 50.1 Å². The molecule has 1 unspecified atom stereocenters. The molecular formula is C17H24ClFN2. The van der Waals surface area contributed by atoms with Crippen molar-refractivity contribution in [3.8, 4) is 0 Å². The van der Waals surface area contributed by atoms with E-state index in [-0.39, 0.29) is 16.9 Å². The topological polar surface area (TPSA) is 29.3 Å². The van der Waals surface area contributed by atoms with Crippen molar-refractivity contribution in [1.29, 1.82) is 0 Å². The number of nitrogens with two attached hydrogens (primary N) is 1. The van der Waals surface area contributed by atoms with Gasteiger partial charge in [0.25, 0.3) is 0 Å². The van der Waals surface area contributed by atoms with Crippen molar-refractivity contribution in [2.75, 3.05) is 19.6 Å². The molecule has 3 rings (SSSR count). The van der Waals surface area contributed by atoms with Crippen LogP contribution in [-0.4, -0.2) is 24.5 Å². The van der Waals surface area contributed by atoms with Gasteiger partial charge < -0.3 is 5.73 Å². The lowest BCUT2D eigenvalue weighted by Crippen LogP contribution is -2.43. The van der Waals surface area contributed by atoms with Gasteiger partial charge in [-0.25, -0.2) is 4.39 Å². The van der Waals surface area contributed by atoms with Crippen LogP contribution in [0.5, 0.6) is 0 Å². The van der Waals surface area contributed by atoms with Gasteiger partial charge in [-0.2, -0.15) is 0 Å². The highest BCUT2D eigenvalue weighted by Gasteiger charge is 2.38. The van der Waals surface area contributed by atoms with Crippen molar-refractivity contribution in [3.63, 3.8) is 0 Å². The summed E-state index contributed by atoms with van der Waals surface area (Å²) in [6, 6.07) is 5.19. The molecule has 1 saturated heterocycles. The summed E-state index contributed by atoms with van der Waals surface area (Å²) in [5.74, 6) is -0.350. The maximum Gasteiger partial charge on any atom is 0.142 e. The average molecular weight is 311 g/mol. The van der Waals surface area contributed by atoms with Gasteiger partial charge in [-0.15, -0.1) is 0 Å². The zero-order valence-electron chi connectivity index (χ0n) is 12.5. The Labute approximate surface area is 131 Å². The fourth-order valence-corrected chi connectivity index (χ4v) is 4.27. The number of benzene rings is 1. The number of likely N-dealkylation sites (tertiary alicyclic amines) is 1. The highest BCUT2D eigenvalue weighted by atomic mass is 35.5. The van der Waals surface area contributed by atoms with Crippen molar-refractivity contribution in [3.05, 3.63) is 34.6 Å². The van der Waals surface area contributed by atoms with Crippen LogP contribution in [-0.2, 0) is 0 Å². The molecule has 0 radical (unpaired) electrons. The van der Waals surface area contributed by atoms with Gasteiger partial charge in [-0.05, 0) is 61.9 Å². The summed E-state index contributed by atoms with van der Waals surface area (Å²) in [4.78, 5) is 2.42. The molecule has 1 spiro atoms. The Balaban J connectivity index is 1.70. The molecule has 2 aliphatic rings. The van der Waals surface area contributed by atoms with Crippen LogP contribution in [0.4, 0.5) is 4.39 Å². The van der Waals surface area contributed by atoms with Gasteiger partial charge in [-0.3, -0.25) is 4.90 Å². The lowest BCUT2D eigenvalue weighted by atomic mass is 9.76. The van der Waals surface area contributed by atoms with Crippen LogP contribution >= 0.6 is 11.6 Å². The number of piperidine rings is 1. The van der Waals surface area contributed by atoms with E-state index in [1.54, 1.807) is 12.1 Å².